The summed E-state index contributed by atoms with van der Waals surface area (Å²) in [6, 6.07) is 13.6. The monoisotopic (exact) mass is 442 g/mol. The van der Waals surface area contributed by atoms with Crippen LogP contribution in [0.3, 0.4) is 0 Å². The van der Waals surface area contributed by atoms with Crippen LogP contribution in [0.25, 0.3) is 6.08 Å². The molecular formula is C21H19BrN2O2S. The third kappa shape index (κ3) is 5.68. The molecule has 0 spiro atoms. The molecule has 0 saturated carbocycles. The molecule has 0 heterocycles. The van der Waals surface area contributed by atoms with Crippen molar-refractivity contribution in [3.05, 3.63) is 75.8 Å². The number of nitrogens with zero attached hydrogens (tertiary/aromatic N) is 1. The van der Waals surface area contributed by atoms with Crippen molar-refractivity contribution in [2.24, 2.45) is 5.73 Å². The van der Waals surface area contributed by atoms with E-state index in [1.165, 1.54) is 0 Å². The lowest BCUT2D eigenvalue weighted by molar-refractivity contribution is 0.282. The van der Waals surface area contributed by atoms with E-state index in [2.05, 4.69) is 22.5 Å². The lowest BCUT2D eigenvalue weighted by Crippen LogP contribution is -2.09. The molecule has 2 N–H and O–H groups in total. The Kier molecular flexibility index (Phi) is 7.59. The molecule has 0 saturated heterocycles. The fraction of sp³-hybridized carbons (Fsp3) is 0.143. The maximum absolute atomic E-state index is 9.18. The number of hydrogen-bond donors (Lipinski definition) is 1. The van der Waals surface area contributed by atoms with Crippen LogP contribution < -0.4 is 15.2 Å². The number of nitriles is 1. The normalized spacial score (nSPS) is 10.8. The quantitative estimate of drug-likeness (QED) is 0.270. The largest absolute Gasteiger partial charge is 0.493 e. The first kappa shape index (κ1) is 20.7. The summed E-state index contributed by atoms with van der Waals surface area (Å²) in [6.07, 6.45) is 4.01. The summed E-state index contributed by atoms with van der Waals surface area (Å²) in [5, 5.41) is 9.18. The minimum atomic E-state index is 0.0531. The Bertz CT molecular complexity index is 915. The maximum Gasteiger partial charge on any atom is 0.165 e. The van der Waals surface area contributed by atoms with Gasteiger partial charge in [-0.05, 0) is 47.9 Å². The topological polar surface area (TPSA) is 68.3 Å². The van der Waals surface area contributed by atoms with Crippen LogP contribution in [0.2, 0.25) is 0 Å². The highest BCUT2D eigenvalue weighted by Gasteiger charge is 2.13. The molecule has 0 aliphatic heterocycles. The van der Waals surface area contributed by atoms with E-state index < -0.39 is 0 Å². The summed E-state index contributed by atoms with van der Waals surface area (Å²) in [4.78, 5) is 0.0531. The van der Waals surface area contributed by atoms with E-state index in [0.717, 1.165) is 21.2 Å². The van der Waals surface area contributed by atoms with Crippen molar-refractivity contribution in [3.63, 3.8) is 0 Å². The summed E-state index contributed by atoms with van der Waals surface area (Å²) in [6.45, 7) is 4.21. The standard InChI is InChI=1S/C21H19BrN2O2S/c1-3-4-16-9-15(10-17(12-23)21(24)27)11-19(25-2)20(16)26-13-14-5-7-18(22)8-6-14/h3,5-11H,1,4,13H2,2H3,(H2,24,27)/b17-10-. The molecule has 0 amide bonds. The average molecular weight is 443 g/mol. The van der Waals surface area contributed by atoms with Crippen LogP contribution in [-0.2, 0) is 13.0 Å². The number of halogens is 1. The highest BCUT2D eigenvalue weighted by atomic mass is 79.9. The van der Waals surface area contributed by atoms with Crippen molar-refractivity contribution in [1.82, 2.24) is 0 Å². The fourth-order valence-corrected chi connectivity index (χ4v) is 2.82. The second-order valence-corrected chi connectivity index (χ2v) is 7.01. The molecule has 2 aromatic carbocycles. The first-order valence-corrected chi connectivity index (χ1v) is 9.29. The second kappa shape index (κ2) is 9.91. The molecule has 0 fully saturated rings. The van der Waals surface area contributed by atoms with Gasteiger partial charge in [-0.25, -0.2) is 0 Å². The van der Waals surface area contributed by atoms with Gasteiger partial charge in [-0.15, -0.1) is 6.58 Å². The van der Waals surface area contributed by atoms with Crippen molar-refractivity contribution in [2.45, 2.75) is 13.0 Å². The van der Waals surface area contributed by atoms with Crippen LogP contribution in [0.5, 0.6) is 11.5 Å². The summed E-state index contributed by atoms with van der Waals surface area (Å²) in [5.41, 5.74) is 8.50. The minimum Gasteiger partial charge on any atom is -0.493 e. The van der Waals surface area contributed by atoms with Gasteiger partial charge in [-0.2, -0.15) is 5.26 Å². The number of rotatable bonds is 8. The molecule has 0 aliphatic carbocycles. The lowest BCUT2D eigenvalue weighted by atomic mass is 10.0. The SMILES string of the molecule is C=CCc1cc(/C=C(/C#N)C(N)=S)cc(OC)c1OCc1ccc(Br)cc1. The van der Waals surface area contributed by atoms with Crippen LogP contribution in [-0.4, -0.2) is 12.1 Å². The van der Waals surface area contributed by atoms with Crippen LogP contribution in [0, 0.1) is 11.3 Å². The van der Waals surface area contributed by atoms with Gasteiger partial charge in [0.05, 0.1) is 12.7 Å². The molecular weight excluding hydrogens is 424 g/mol. The van der Waals surface area contributed by atoms with Gasteiger partial charge in [0.1, 0.15) is 17.7 Å². The first-order chi connectivity index (χ1) is 13.0. The van der Waals surface area contributed by atoms with Gasteiger partial charge in [0.15, 0.2) is 11.5 Å². The van der Waals surface area contributed by atoms with E-state index in [1.54, 1.807) is 25.3 Å². The lowest BCUT2D eigenvalue weighted by Gasteiger charge is -2.16. The Balaban J connectivity index is 2.40. The second-order valence-electron chi connectivity index (χ2n) is 5.65. The zero-order chi connectivity index (χ0) is 19.8. The number of thiocarbonyl (C=S) groups is 1. The van der Waals surface area contributed by atoms with Crippen molar-refractivity contribution < 1.29 is 9.47 Å². The van der Waals surface area contributed by atoms with E-state index in [4.69, 9.17) is 27.4 Å². The average Bonchev–Trinajstić information content (AvgIpc) is 2.66. The van der Waals surface area contributed by atoms with Crippen molar-refractivity contribution in [3.8, 4) is 17.6 Å². The number of nitrogens with two attached hydrogens (primary N) is 1. The molecule has 0 bridgehead atoms. The number of allylic oxidation sites excluding steroid dienone is 1. The van der Waals surface area contributed by atoms with Crippen LogP contribution >= 0.6 is 28.1 Å². The van der Waals surface area contributed by atoms with Crippen LogP contribution in [0.15, 0.2) is 59.1 Å². The van der Waals surface area contributed by atoms with Crippen molar-refractivity contribution >= 4 is 39.2 Å². The predicted molar refractivity (Wildman–Crippen MR) is 116 cm³/mol. The van der Waals surface area contributed by atoms with E-state index in [1.807, 2.05) is 36.4 Å². The van der Waals surface area contributed by atoms with Crippen molar-refractivity contribution in [2.75, 3.05) is 7.11 Å². The Hall–Kier alpha value is -2.62. The van der Waals surface area contributed by atoms with Gasteiger partial charge < -0.3 is 15.2 Å². The van der Waals surface area contributed by atoms with E-state index in [9.17, 15) is 5.26 Å². The minimum absolute atomic E-state index is 0.0531. The number of hydrogen-bond acceptors (Lipinski definition) is 4. The van der Waals surface area contributed by atoms with Gasteiger partial charge in [-0.3, -0.25) is 0 Å². The smallest absolute Gasteiger partial charge is 0.165 e. The zero-order valence-electron chi connectivity index (χ0n) is 14.9. The van der Waals surface area contributed by atoms with Gasteiger partial charge >= 0.3 is 0 Å². The number of methoxy groups -OCH3 is 1. The van der Waals surface area contributed by atoms with E-state index >= 15 is 0 Å². The third-order valence-electron chi connectivity index (χ3n) is 3.73. The molecule has 138 valence electrons. The van der Waals surface area contributed by atoms with Gasteiger partial charge in [0.25, 0.3) is 0 Å². The molecule has 4 nitrogen and oxygen atoms in total. The van der Waals surface area contributed by atoms with Crippen LogP contribution in [0.4, 0.5) is 0 Å². The third-order valence-corrected chi connectivity index (χ3v) is 4.48. The predicted octanol–water partition coefficient (Wildman–Crippen LogP) is 4.96. The van der Waals surface area contributed by atoms with E-state index in [0.29, 0.717) is 24.5 Å². The molecule has 0 radical (unpaired) electrons. The highest BCUT2D eigenvalue weighted by Crippen LogP contribution is 2.35. The highest BCUT2D eigenvalue weighted by molar-refractivity contribution is 9.10. The van der Waals surface area contributed by atoms with Gasteiger partial charge in [0.2, 0.25) is 0 Å². The maximum atomic E-state index is 9.18. The summed E-state index contributed by atoms with van der Waals surface area (Å²) in [5.74, 6) is 1.21. The Morgan fingerprint density at radius 2 is 2.04 bits per heavy atom. The number of benzene rings is 2. The fourth-order valence-electron chi connectivity index (χ4n) is 2.45. The first-order valence-electron chi connectivity index (χ1n) is 8.09. The summed E-state index contributed by atoms with van der Waals surface area (Å²) < 4.78 is 12.6. The van der Waals surface area contributed by atoms with Crippen LogP contribution in [0.1, 0.15) is 16.7 Å². The van der Waals surface area contributed by atoms with Gasteiger partial charge in [-0.1, -0.05) is 46.4 Å². The van der Waals surface area contributed by atoms with E-state index in [-0.39, 0.29) is 10.6 Å². The molecule has 2 aromatic rings. The Labute approximate surface area is 173 Å². The molecule has 0 unspecified atom stereocenters. The molecule has 2 rings (SSSR count). The molecule has 0 aromatic heterocycles. The van der Waals surface area contributed by atoms with Gasteiger partial charge in [0, 0.05) is 10.0 Å². The molecule has 6 heteroatoms. The summed E-state index contributed by atoms with van der Waals surface area (Å²) >= 11 is 8.32. The van der Waals surface area contributed by atoms with Crippen molar-refractivity contribution in [1.29, 1.82) is 5.26 Å². The Morgan fingerprint density at radius 1 is 1.33 bits per heavy atom. The summed E-state index contributed by atoms with van der Waals surface area (Å²) in [7, 11) is 1.58. The Morgan fingerprint density at radius 3 is 2.59 bits per heavy atom. The number of ether oxygens (including phenoxy) is 2. The molecule has 0 aliphatic rings. The zero-order valence-corrected chi connectivity index (χ0v) is 17.3. The molecule has 27 heavy (non-hydrogen) atoms. The molecule has 0 atom stereocenters.